The van der Waals surface area contributed by atoms with E-state index < -0.39 is 6.10 Å². The van der Waals surface area contributed by atoms with Crippen molar-refractivity contribution in [2.45, 2.75) is 252 Å². The summed E-state index contributed by atoms with van der Waals surface area (Å²) in [4.78, 5) is 38.0. The van der Waals surface area contributed by atoms with Gasteiger partial charge in [-0.3, -0.25) is 14.4 Å². The molecular formula is C58H98O6. The smallest absolute Gasteiger partial charge is 0.306 e. The predicted octanol–water partition coefficient (Wildman–Crippen LogP) is 17.6. The molecule has 366 valence electrons. The van der Waals surface area contributed by atoms with Crippen molar-refractivity contribution in [1.29, 1.82) is 0 Å². The van der Waals surface area contributed by atoms with E-state index in [2.05, 4.69) is 45.1 Å². The van der Waals surface area contributed by atoms with E-state index in [1.54, 1.807) is 0 Å². The third-order valence-corrected chi connectivity index (χ3v) is 11.3. The molecule has 0 bridgehead atoms. The van der Waals surface area contributed by atoms with E-state index in [4.69, 9.17) is 14.2 Å². The molecule has 1 unspecified atom stereocenters. The lowest BCUT2D eigenvalue weighted by Gasteiger charge is -2.18. The first-order chi connectivity index (χ1) is 31.5. The third kappa shape index (κ3) is 49.6. The van der Waals surface area contributed by atoms with Crippen LogP contribution in [0.2, 0.25) is 0 Å². The lowest BCUT2D eigenvalue weighted by Crippen LogP contribution is -2.30. The lowest BCUT2D eigenvalue weighted by atomic mass is 10.0. The van der Waals surface area contributed by atoms with Gasteiger partial charge in [-0.2, -0.15) is 0 Å². The molecule has 0 N–H and O–H groups in total. The summed E-state index contributed by atoms with van der Waals surface area (Å²) in [5, 5.41) is 0. The molecule has 0 aromatic rings. The summed E-state index contributed by atoms with van der Waals surface area (Å²) >= 11 is 0. The number of hydrogen-bond donors (Lipinski definition) is 0. The Kier molecular flexibility index (Phi) is 49.4. The van der Waals surface area contributed by atoms with E-state index in [1.807, 2.05) is 60.8 Å². The van der Waals surface area contributed by atoms with E-state index in [1.165, 1.54) is 122 Å². The highest BCUT2D eigenvalue weighted by Gasteiger charge is 2.19. The van der Waals surface area contributed by atoms with Crippen LogP contribution in [0.1, 0.15) is 245 Å². The molecule has 0 saturated carbocycles. The Hall–Kier alpha value is -3.41. The van der Waals surface area contributed by atoms with Crippen molar-refractivity contribution in [3.05, 3.63) is 85.1 Å². The van der Waals surface area contributed by atoms with Crippen LogP contribution in [0.25, 0.3) is 0 Å². The Labute approximate surface area is 395 Å². The van der Waals surface area contributed by atoms with Crippen molar-refractivity contribution in [3.63, 3.8) is 0 Å². The second-order valence-electron chi connectivity index (χ2n) is 17.6. The Morgan fingerprint density at radius 3 is 1.02 bits per heavy atom. The highest BCUT2D eigenvalue weighted by atomic mass is 16.6. The van der Waals surface area contributed by atoms with Gasteiger partial charge in [0.1, 0.15) is 13.2 Å². The van der Waals surface area contributed by atoms with Crippen LogP contribution in [-0.4, -0.2) is 37.2 Å². The summed E-state index contributed by atoms with van der Waals surface area (Å²) in [6.45, 7) is 6.44. The SMILES string of the molecule is CC\C=C/C=C\C=C/C=C\C=C\C=C/CCCCCC(=O)OCC(COC(=O)CCCCC/C=C\CCCCCCCC)OC(=O)CCCCCCCCCCCCCCCCCC. The quantitative estimate of drug-likeness (QED) is 0.0199. The predicted molar refractivity (Wildman–Crippen MR) is 274 cm³/mol. The Bertz CT molecular complexity index is 1250. The Balaban J connectivity index is 4.48. The van der Waals surface area contributed by atoms with Crippen LogP contribution in [-0.2, 0) is 28.6 Å². The molecule has 0 aromatic heterocycles. The summed E-state index contributed by atoms with van der Waals surface area (Å²) in [5.41, 5.74) is 0. The van der Waals surface area contributed by atoms with E-state index in [9.17, 15) is 14.4 Å². The summed E-state index contributed by atoms with van der Waals surface area (Å²) in [7, 11) is 0. The molecule has 64 heavy (non-hydrogen) atoms. The van der Waals surface area contributed by atoms with Crippen molar-refractivity contribution in [1.82, 2.24) is 0 Å². The summed E-state index contributed by atoms with van der Waals surface area (Å²) < 4.78 is 16.8. The number of ether oxygens (including phenoxy) is 3. The van der Waals surface area contributed by atoms with Gasteiger partial charge in [0.2, 0.25) is 0 Å². The summed E-state index contributed by atoms with van der Waals surface area (Å²) in [5.74, 6) is -0.953. The first-order valence-corrected chi connectivity index (χ1v) is 26.7. The maximum Gasteiger partial charge on any atom is 0.306 e. The van der Waals surface area contributed by atoms with E-state index in [0.29, 0.717) is 19.3 Å². The zero-order valence-electron chi connectivity index (χ0n) is 41.8. The maximum atomic E-state index is 12.8. The van der Waals surface area contributed by atoms with Gasteiger partial charge < -0.3 is 14.2 Å². The van der Waals surface area contributed by atoms with Gasteiger partial charge in [-0.25, -0.2) is 0 Å². The molecule has 0 heterocycles. The van der Waals surface area contributed by atoms with Gasteiger partial charge in [-0.05, 0) is 64.2 Å². The van der Waals surface area contributed by atoms with Crippen molar-refractivity contribution in [3.8, 4) is 0 Å². The maximum absolute atomic E-state index is 12.8. The minimum atomic E-state index is -0.799. The zero-order valence-corrected chi connectivity index (χ0v) is 41.8. The Morgan fingerprint density at radius 1 is 0.328 bits per heavy atom. The Morgan fingerprint density at radius 2 is 0.625 bits per heavy atom. The molecule has 0 aliphatic carbocycles. The molecular weight excluding hydrogens is 793 g/mol. The molecule has 1 atom stereocenters. The number of unbranched alkanes of at least 4 members (excludes halogenated alkanes) is 27. The second-order valence-corrected chi connectivity index (χ2v) is 17.6. The normalized spacial score (nSPS) is 12.7. The first kappa shape index (κ1) is 60.6. The zero-order chi connectivity index (χ0) is 46.5. The highest BCUT2D eigenvalue weighted by molar-refractivity contribution is 5.71. The molecule has 0 spiro atoms. The van der Waals surface area contributed by atoms with Crippen molar-refractivity contribution in [2.24, 2.45) is 0 Å². The van der Waals surface area contributed by atoms with E-state index in [0.717, 1.165) is 83.5 Å². The van der Waals surface area contributed by atoms with Crippen LogP contribution in [0.15, 0.2) is 85.1 Å². The van der Waals surface area contributed by atoms with Gasteiger partial charge in [0.25, 0.3) is 0 Å². The fourth-order valence-corrected chi connectivity index (χ4v) is 7.29. The van der Waals surface area contributed by atoms with E-state index >= 15 is 0 Å². The largest absolute Gasteiger partial charge is 0.462 e. The number of carbonyl (C=O) groups is 3. The minimum absolute atomic E-state index is 0.0977. The molecule has 0 aliphatic heterocycles. The number of allylic oxidation sites excluding steroid dienone is 14. The standard InChI is InChI=1S/C58H98O6/c1-4-7-10-13-16-19-22-25-27-29-31-33-36-39-42-45-48-51-57(60)63-54-55(53-62-56(59)50-47-44-41-38-35-32-24-21-18-15-12-9-6-3)64-58(61)52-49-46-43-40-37-34-30-28-26-23-20-17-14-11-8-5-2/h7,10,13,16,19,22,25,27,29,31-33,35-36,55H,4-6,8-9,11-12,14-15,17-18,20-21,23-24,26,28,30,34,37-54H2,1-3H3/b10-7-,16-13-,22-19-,27-25-,31-29+,35-32-,36-33-. The van der Waals surface area contributed by atoms with Crippen LogP contribution in [0.3, 0.4) is 0 Å². The monoisotopic (exact) mass is 891 g/mol. The van der Waals surface area contributed by atoms with Crippen LogP contribution in [0.5, 0.6) is 0 Å². The number of esters is 3. The average molecular weight is 891 g/mol. The van der Waals surface area contributed by atoms with Gasteiger partial charge in [0.15, 0.2) is 6.10 Å². The van der Waals surface area contributed by atoms with Gasteiger partial charge >= 0.3 is 17.9 Å². The molecule has 0 aromatic carbocycles. The lowest BCUT2D eigenvalue weighted by molar-refractivity contribution is -0.167. The van der Waals surface area contributed by atoms with Crippen LogP contribution >= 0.6 is 0 Å². The molecule has 0 fully saturated rings. The summed E-state index contributed by atoms with van der Waals surface area (Å²) in [6.07, 6.45) is 67.1. The second kappa shape index (κ2) is 52.2. The molecule has 6 nitrogen and oxygen atoms in total. The van der Waals surface area contributed by atoms with Gasteiger partial charge in [-0.1, -0.05) is 247 Å². The molecule has 6 heteroatoms. The van der Waals surface area contributed by atoms with Gasteiger partial charge in [0, 0.05) is 19.3 Å². The number of hydrogen-bond acceptors (Lipinski definition) is 6. The van der Waals surface area contributed by atoms with E-state index in [-0.39, 0.29) is 31.1 Å². The molecule has 0 amide bonds. The molecule has 0 saturated heterocycles. The number of carbonyl (C=O) groups excluding carboxylic acids is 3. The third-order valence-electron chi connectivity index (χ3n) is 11.3. The van der Waals surface area contributed by atoms with Crippen LogP contribution in [0.4, 0.5) is 0 Å². The fraction of sp³-hybridized carbons (Fsp3) is 0.707. The minimum Gasteiger partial charge on any atom is -0.462 e. The fourth-order valence-electron chi connectivity index (χ4n) is 7.29. The average Bonchev–Trinajstić information content (AvgIpc) is 3.29. The van der Waals surface area contributed by atoms with Crippen molar-refractivity contribution < 1.29 is 28.6 Å². The van der Waals surface area contributed by atoms with Gasteiger partial charge in [-0.15, -0.1) is 0 Å². The van der Waals surface area contributed by atoms with Crippen molar-refractivity contribution in [2.75, 3.05) is 13.2 Å². The molecule has 0 radical (unpaired) electrons. The first-order valence-electron chi connectivity index (χ1n) is 26.7. The van der Waals surface area contributed by atoms with Crippen LogP contribution < -0.4 is 0 Å². The molecule has 0 rings (SSSR count). The summed E-state index contributed by atoms with van der Waals surface area (Å²) in [6, 6.07) is 0. The van der Waals surface area contributed by atoms with Crippen molar-refractivity contribution >= 4 is 17.9 Å². The topological polar surface area (TPSA) is 78.9 Å². The number of rotatable bonds is 47. The van der Waals surface area contributed by atoms with Gasteiger partial charge in [0.05, 0.1) is 0 Å². The molecule has 0 aliphatic rings. The van der Waals surface area contributed by atoms with Crippen LogP contribution in [0, 0.1) is 0 Å². The highest BCUT2D eigenvalue weighted by Crippen LogP contribution is 2.15.